The number of aromatic carboxylic acids is 1. The summed E-state index contributed by atoms with van der Waals surface area (Å²) >= 11 is 0. The summed E-state index contributed by atoms with van der Waals surface area (Å²) in [4.78, 5) is 15.2. The Bertz CT molecular complexity index is 606. The normalized spacial score (nSPS) is 12.8. The summed E-state index contributed by atoms with van der Waals surface area (Å²) < 4.78 is 10.7. The Morgan fingerprint density at radius 1 is 1.50 bits per heavy atom. The van der Waals surface area contributed by atoms with E-state index < -0.39 is 5.97 Å². The minimum atomic E-state index is -0.989. The third-order valence-electron chi connectivity index (χ3n) is 3.10. The summed E-state index contributed by atoms with van der Waals surface area (Å²) in [5, 5.41) is 12.1. The van der Waals surface area contributed by atoms with Crippen LogP contribution in [0.4, 0.5) is 6.01 Å². The molecule has 2 aromatic rings. The standard InChI is InChI=1S/C14H18N2O4/c1-8(2)11(7-19-3)16-14-15-10-5-4-9(13(17)18)6-12(10)20-14/h4-6,8,11H,7H2,1-3H3,(H,15,16)(H,17,18). The molecule has 0 amide bonds. The summed E-state index contributed by atoms with van der Waals surface area (Å²) in [5.74, 6) is -0.642. The van der Waals surface area contributed by atoms with Crippen molar-refractivity contribution in [2.45, 2.75) is 19.9 Å². The second kappa shape index (κ2) is 5.92. The van der Waals surface area contributed by atoms with E-state index in [1.54, 1.807) is 13.2 Å². The first-order valence-electron chi connectivity index (χ1n) is 6.40. The molecule has 0 bridgehead atoms. The molecule has 0 aliphatic heterocycles. The summed E-state index contributed by atoms with van der Waals surface area (Å²) in [6.07, 6.45) is 0. The Morgan fingerprint density at radius 2 is 2.25 bits per heavy atom. The molecule has 108 valence electrons. The predicted molar refractivity (Wildman–Crippen MR) is 75.1 cm³/mol. The van der Waals surface area contributed by atoms with Gasteiger partial charge in [-0.25, -0.2) is 4.79 Å². The highest BCUT2D eigenvalue weighted by Crippen LogP contribution is 2.21. The fourth-order valence-corrected chi connectivity index (χ4v) is 1.86. The molecule has 2 rings (SSSR count). The summed E-state index contributed by atoms with van der Waals surface area (Å²) in [7, 11) is 1.64. The van der Waals surface area contributed by atoms with Crippen molar-refractivity contribution in [1.82, 2.24) is 4.98 Å². The van der Waals surface area contributed by atoms with Gasteiger partial charge in [-0.3, -0.25) is 0 Å². The van der Waals surface area contributed by atoms with Crippen molar-refractivity contribution >= 4 is 23.1 Å². The molecular formula is C14H18N2O4. The van der Waals surface area contributed by atoms with E-state index in [1.807, 2.05) is 0 Å². The third kappa shape index (κ3) is 3.08. The zero-order chi connectivity index (χ0) is 14.7. The number of nitrogens with one attached hydrogen (secondary N) is 1. The lowest BCUT2D eigenvalue weighted by Gasteiger charge is -2.20. The van der Waals surface area contributed by atoms with Crippen molar-refractivity contribution < 1.29 is 19.1 Å². The van der Waals surface area contributed by atoms with E-state index in [4.69, 9.17) is 14.3 Å². The molecule has 1 aromatic heterocycles. The Hall–Kier alpha value is -2.08. The first kappa shape index (κ1) is 14.3. The molecule has 0 aliphatic carbocycles. The number of anilines is 1. The zero-order valence-electron chi connectivity index (χ0n) is 11.7. The fraction of sp³-hybridized carbons (Fsp3) is 0.429. The Labute approximate surface area is 116 Å². The van der Waals surface area contributed by atoms with Gasteiger partial charge in [-0.1, -0.05) is 13.8 Å². The number of fused-ring (bicyclic) bond motifs is 1. The van der Waals surface area contributed by atoms with Crippen LogP contribution < -0.4 is 5.32 Å². The number of rotatable bonds is 6. The van der Waals surface area contributed by atoms with Gasteiger partial charge in [0.1, 0.15) is 5.52 Å². The second-order valence-corrected chi connectivity index (χ2v) is 4.96. The molecule has 0 aliphatic rings. The molecule has 1 heterocycles. The van der Waals surface area contributed by atoms with Crippen molar-refractivity contribution in [2.24, 2.45) is 5.92 Å². The first-order valence-corrected chi connectivity index (χ1v) is 6.40. The molecule has 0 spiro atoms. The number of carbonyl (C=O) groups is 1. The van der Waals surface area contributed by atoms with Crippen LogP contribution in [-0.2, 0) is 4.74 Å². The number of carboxylic acids is 1. The van der Waals surface area contributed by atoms with E-state index in [0.717, 1.165) is 0 Å². The van der Waals surface area contributed by atoms with Crippen molar-refractivity contribution in [2.75, 3.05) is 19.0 Å². The lowest BCUT2D eigenvalue weighted by Crippen LogP contribution is -2.30. The number of aromatic nitrogens is 1. The maximum absolute atomic E-state index is 10.9. The van der Waals surface area contributed by atoms with Gasteiger partial charge in [-0.15, -0.1) is 0 Å². The number of hydrogen-bond donors (Lipinski definition) is 2. The molecule has 6 nitrogen and oxygen atoms in total. The molecule has 2 N–H and O–H groups in total. The molecule has 1 atom stereocenters. The minimum Gasteiger partial charge on any atom is -0.478 e. The van der Waals surface area contributed by atoms with Crippen LogP contribution in [0.3, 0.4) is 0 Å². The maximum Gasteiger partial charge on any atom is 0.335 e. The molecule has 0 fully saturated rings. The quantitative estimate of drug-likeness (QED) is 0.845. The number of ether oxygens (including phenoxy) is 1. The Morgan fingerprint density at radius 3 is 2.85 bits per heavy atom. The van der Waals surface area contributed by atoms with Crippen LogP contribution >= 0.6 is 0 Å². The van der Waals surface area contributed by atoms with Crippen LogP contribution in [0.5, 0.6) is 0 Å². The topological polar surface area (TPSA) is 84.6 Å². The highest BCUT2D eigenvalue weighted by molar-refractivity contribution is 5.92. The van der Waals surface area contributed by atoms with Gasteiger partial charge in [0, 0.05) is 7.11 Å². The third-order valence-corrected chi connectivity index (χ3v) is 3.10. The molecule has 1 aromatic carbocycles. The van der Waals surface area contributed by atoms with Crippen molar-refractivity contribution in [3.8, 4) is 0 Å². The van der Waals surface area contributed by atoms with E-state index >= 15 is 0 Å². The van der Waals surface area contributed by atoms with Crippen molar-refractivity contribution in [3.63, 3.8) is 0 Å². The Kier molecular flexibility index (Phi) is 4.24. The summed E-state index contributed by atoms with van der Waals surface area (Å²) in [5.41, 5.74) is 1.25. The highest BCUT2D eigenvalue weighted by Gasteiger charge is 2.16. The SMILES string of the molecule is COCC(Nc1nc2ccc(C(=O)O)cc2o1)C(C)C. The average molecular weight is 278 g/mol. The average Bonchev–Trinajstić information content (AvgIpc) is 2.79. The van der Waals surface area contributed by atoms with E-state index in [1.165, 1.54) is 12.1 Å². The van der Waals surface area contributed by atoms with Gasteiger partial charge in [0.25, 0.3) is 6.01 Å². The molecule has 6 heteroatoms. The zero-order valence-corrected chi connectivity index (χ0v) is 11.7. The highest BCUT2D eigenvalue weighted by atomic mass is 16.5. The van der Waals surface area contributed by atoms with Gasteiger partial charge in [0.15, 0.2) is 5.58 Å². The molecule has 1 unspecified atom stereocenters. The van der Waals surface area contributed by atoms with Crippen LogP contribution in [0.1, 0.15) is 24.2 Å². The van der Waals surface area contributed by atoms with Crippen LogP contribution in [0, 0.1) is 5.92 Å². The van der Waals surface area contributed by atoms with Gasteiger partial charge >= 0.3 is 5.97 Å². The maximum atomic E-state index is 10.9. The number of hydrogen-bond acceptors (Lipinski definition) is 5. The minimum absolute atomic E-state index is 0.0759. The monoisotopic (exact) mass is 278 g/mol. The number of oxazole rings is 1. The lowest BCUT2D eigenvalue weighted by molar-refractivity contribution is 0.0697. The molecule has 0 radical (unpaired) electrons. The Balaban J connectivity index is 2.24. The van der Waals surface area contributed by atoms with Crippen molar-refractivity contribution in [3.05, 3.63) is 23.8 Å². The lowest BCUT2D eigenvalue weighted by atomic mass is 10.1. The van der Waals surface area contributed by atoms with Gasteiger partial charge in [-0.2, -0.15) is 4.98 Å². The number of benzene rings is 1. The summed E-state index contributed by atoms with van der Waals surface area (Å²) in [6, 6.07) is 5.06. The number of methoxy groups -OCH3 is 1. The van der Waals surface area contributed by atoms with E-state index in [9.17, 15) is 4.79 Å². The van der Waals surface area contributed by atoms with E-state index in [0.29, 0.717) is 29.6 Å². The van der Waals surface area contributed by atoms with Crippen LogP contribution in [0.25, 0.3) is 11.1 Å². The van der Waals surface area contributed by atoms with E-state index in [2.05, 4.69) is 24.1 Å². The predicted octanol–water partition coefficient (Wildman–Crippen LogP) is 2.61. The summed E-state index contributed by atoms with van der Waals surface area (Å²) in [6.45, 7) is 4.68. The largest absolute Gasteiger partial charge is 0.478 e. The van der Waals surface area contributed by atoms with Crippen LogP contribution in [0.15, 0.2) is 22.6 Å². The molecule has 20 heavy (non-hydrogen) atoms. The second-order valence-electron chi connectivity index (χ2n) is 4.96. The van der Waals surface area contributed by atoms with Crippen LogP contribution in [0.2, 0.25) is 0 Å². The number of nitrogens with zero attached hydrogens (tertiary/aromatic N) is 1. The van der Waals surface area contributed by atoms with E-state index in [-0.39, 0.29) is 11.6 Å². The molecule has 0 saturated carbocycles. The first-order chi connectivity index (χ1) is 9.51. The number of carboxylic acid groups (broad SMARTS) is 1. The molecule has 0 saturated heterocycles. The van der Waals surface area contributed by atoms with Crippen LogP contribution in [-0.4, -0.2) is 35.8 Å². The van der Waals surface area contributed by atoms with Gasteiger partial charge < -0.3 is 19.6 Å². The van der Waals surface area contributed by atoms with Gasteiger partial charge in [0.2, 0.25) is 0 Å². The van der Waals surface area contributed by atoms with Gasteiger partial charge in [0.05, 0.1) is 18.2 Å². The van der Waals surface area contributed by atoms with Gasteiger partial charge in [-0.05, 0) is 24.1 Å². The smallest absolute Gasteiger partial charge is 0.335 e. The molecular weight excluding hydrogens is 260 g/mol. The van der Waals surface area contributed by atoms with Crippen molar-refractivity contribution in [1.29, 1.82) is 0 Å². The fourth-order valence-electron chi connectivity index (χ4n) is 1.86.